The van der Waals surface area contributed by atoms with Crippen LogP contribution in [0.1, 0.15) is 11.3 Å². The van der Waals surface area contributed by atoms with E-state index in [2.05, 4.69) is 11.9 Å². The number of nitrogens with two attached hydrogens (primary N) is 1. The van der Waals surface area contributed by atoms with Gasteiger partial charge in [-0.25, -0.2) is 0 Å². The molecule has 0 bridgehead atoms. The topological polar surface area (TPSA) is 42.4 Å². The van der Waals surface area contributed by atoms with E-state index in [1.54, 1.807) is 6.26 Å². The molecule has 84 valence electrons. The van der Waals surface area contributed by atoms with Gasteiger partial charge in [0.2, 0.25) is 0 Å². The van der Waals surface area contributed by atoms with Crippen LogP contribution in [0.15, 0.2) is 41.0 Å². The zero-order valence-electron chi connectivity index (χ0n) is 9.60. The van der Waals surface area contributed by atoms with Crippen molar-refractivity contribution in [1.29, 1.82) is 0 Å². The molecule has 0 aliphatic carbocycles. The van der Waals surface area contributed by atoms with Crippen molar-refractivity contribution in [2.24, 2.45) is 0 Å². The molecule has 2 aromatic rings. The Morgan fingerprint density at radius 1 is 1.19 bits per heavy atom. The molecular weight excluding hydrogens is 200 g/mol. The number of hydrogen-bond acceptors (Lipinski definition) is 3. The van der Waals surface area contributed by atoms with Crippen molar-refractivity contribution in [1.82, 2.24) is 0 Å². The van der Waals surface area contributed by atoms with Crippen LogP contribution in [0.25, 0.3) is 0 Å². The Balaban J connectivity index is 2.11. The molecule has 0 spiro atoms. The van der Waals surface area contributed by atoms with Crippen molar-refractivity contribution in [3.63, 3.8) is 0 Å². The molecule has 0 unspecified atom stereocenters. The van der Waals surface area contributed by atoms with Gasteiger partial charge in [-0.3, -0.25) is 0 Å². The highest BCUT2D eigenvalue weighted by Crippen LogP contribution is 2.18. The smallest absolute Gasteiger partial charge is 0.105 e. The van der Waals surface area contributed by atoms with Crippen LogP contribution >= 0.6 is 0 Å². The van der Waals surface area contributed by atoms with E-state index >= 15 is 0 Å². The fraction of sp³-hybridized carbons (Fsp3) is 0.231. The third-order valence-electron chi connectivity index (χ3n) is 2.71. The van der Waals surface area contributed by atoms with Gasteiger partial charge in [0, 0.05) is 30.5 Å². The lowest BCUT2D eigenvalue weighted by Crippen LogP contribution is -2.16. The van der Waals surface area contributed by atoms with Gasteiger partial charge in [-0.2, -0.15) is 0 Å². The van der Waals surface area contributed by atoms with Crippen LogP contribution in [-0.2, 0) is 6.54 Å². The van der Waals surface area contributed by atoms with Crippen molar-refractivity contribution in [3.05, 3.63) is 47.9 Å². The van der Waals surface area contributed by atoms with Crippen LogP contribution < -0.4 is 10.6 Å². The van der Waals surface area contributed by atoms with Gasteiger partial charge in [0.15, 0.2) is 0 Å². The summed E-state index contributed by atoms with van der Waals surface area (Å²) < 4.78 is 5.27. The molecule has 0 radical (unpaired) electrons. The zero-order chi connectivity index (χ0) is 11.5. The summed E-state index contributed by atoms with van der Waals surface area (Å²) in [5.41, 5.74) is 8.80. The normalized spacial score (nSPS) is 10.4. The summed E-state index contributed by atoms with van der Waals surface area (Å²) in [5, 5.41) is 0. The molecule has 0 saturated heterocycles. The maximum Gasteiger partial charge on any atom is 0.105 e. The monoisotopic (exact) mass is 216 g/mol. The SMILES string of the molecule is Cc1occc1CN(C)c1ccc(N)cc1. The number of nitrogens with zero attached hydrogens (tertiary/aromatic N) is 1. The summed E-state index contributed by atoms with van der Waals surface area (Å²) in [6.45, 7) is 2.82. The average Bonchev–Trinajstić information content (AvgIpc) is 2.65. The predicted octanol–water partition coefficient (Wildman–Crippen LogP) is 2.81. The van der Waals surface area contributed by atoms with E-state index < -0.39 is 0 Å². The quantitative estimate of drug-likeness (QED) is 0.802. The van der Waals surface area contributed by atoms with E-state index in [1.807, 2.05) is 37.3 Å². The summed E-state index contributed by atoms with van der Waals surface area (Å²) in [6, 6.07) is 9.86. The Bertz CT molecular complexity index is 459. The van der Waals surface area contributed by atoms with Crippen molar-refractivity contribution in [3.8, 4) is 0 Å². The van der Waals surface area contributed by atoms with Gasteiger partial charge in [0.05, 0.1) is 6.26 Å². The minimum atomic E-state index is 0.789. The summed E-state index contributed by atoms with van der Waals surface area (Å²) in [4.78, 5) is 2.16. The van der Waals surface area contributed by atoms with E-state index in [9.17, 15) is 0 Å². The van der Waals surface area contributed by atoms with E-state index in [0.29, 0.717) is 0 Å². The first-order chi connectivity index (χ1) is 7.66. The third-order valence-corrected chi connectivity index (χ3v) is 2.71. The molecule has 0 fully saturated rings. The molecule has 3 nitrogen and oxygen atoms in total. The van der Waals surface area contributed by atoms with Gasteiger partial charge >= 0.3 is 0 Å². The first kappa shape index (κ1) is 10.6. The number of aryl methyl sites for hydroxylation is 1. The van der Waals surface area contributed by atoms with E-state index in [1.165, 1.54) is 5.56 Å². The van der Waals surface area contributed by atoms with Gasteiger partial charge < -0.3 is 15.1 Å². The molecule has 1 aromatic heterocycles. The van der Waals surface area contributed by atoms with E-state index in [-0.39, 0.29) is 0 Å². The Labute approximate surface area is 95.5 Å². The highest BCUT2D eigenvalue weighted by Gasteiger charge is 2.05. The number of anilines is 2. The first-order valence-corrected chi connectivity index (χ1v) is 5.26. The van der Waals surface area contributed by atoms with Crippen LogP contribution in [0.5, 0.6) is 0 Å². The van der Waals surface area contributed by atoms with Crippen molar-refractivity contribution >= 4 is 11.4 Å². The Morgan fingerprint density at radius 2 is 1.88 bits per heavy atom. The Hall–Kier alpha value is -1.90. The fourth-order valence-electron chi connectivity index (χ4n) is 1.65. The highest BCUT2D eigenvalue weighted by atomic mass is 16.3. The largest absolute Gasteiger partial charge is 0.469 e. The van der Waals surface area contributed by atoms with Crippen LogP contribution in [0.4, 0.5) is 11.4 Å². The summed E-state index contributed by atoms with van der Waals surface area (Å²) in [7, 11) is 2.05. The van der Waals surface area contributed by atoms with Gasteiger partial charge in [-0.1, -0.05) is 0 Å². The molecule has 0 atom stereocenters. The number of benzene rings is 1. The predicted molar refractivity (Wildman–Crippen MR) is 66.4 cm³/mol. The molecule has 2 N–H and O–H groups in total. The summed E-state index contributed by atoms with van der Waals surface area (Å²) in [6.07, 6.45) is 1.72. The highest BCUT2D eigenvalue weighted by molar-refractivity contribution is 5.52. The molecule has 0 aliphatic rings. The van der Waals surface area contributed by atoms with Crippen LogP contribution in [-0.4, -0.2) is 7.05 Å². The van der Waals surface area contributed by atoms with Crippen LogP contribution in [0, 0.1) is 6.92 Å². The maximum atomic E-state index is 5.65. The third kappa shape index (κ3) is 2.19. The van der Waals surface area contributed by atoms with Crippen LogP contribution in [0.3, 0.4) is 0 Å². The second kappa shape index (κ2) is 4.31. The fourth-order valence-corrected chi connectivity index (χ4v) is 1.65. The average molecular weight is 216 g/mol. The number of rotatable bonds is 3. The van der Waals surface area contributed by atoms with E-state index in [4.69, 9.17) is 10.2 Å². The maximum absolute atomic E-state index is 5.65. The minimum absolute atomic E-state index is 0.789. The molecule has 0 aliphatic heterocycles. The molecule has 1 aromatic carbocycles. The van der Waals surface area contributed by atoms with Gasteiger partial charge in [0.25, 0.3) is 0 Å². The van der Waals surface area contributed by atoms with Crippen LogP contribution in [0.2, 0.25) is 0 Å². The lowest BCUT2D eigenvalue weighted by Gasteiger charge is -2.18. The van der Waals surface area contributed by atoms with Gasteiger partial charge in [-0.15, -0.1) is 0 Å². The lowest BCUT2D eigenvalue weighted by atomic mass is 10.2. The first-order valence-electron chi connectivity index (χ1n) is 5.26. The molecule has 16 heavy (non-hydrogen) atoms. The minimum Gasteiger partial charge on any atom is -0.469 e. The summed E-state index contributed by atoms with van der Waals surface area (Å²) in [5.74, 6) is 0.974. The molecular formula is C13H16N2O. The summed E-state index contributed by atoms with van der Waals surface area (Å²) >= 11 is 0. The van der Waals surface area contributed by atoms with Gasteiger partial charge in [-0.05, 0) is 37.3 Å². The van der Waals surface area contributed by atoms with Crippen molar-refractivity contribution in [2.75, 3.05) is 17.7 Å². The standard InChI is InChI=1S/C13H16N2O/c1-10-11(7-8-16-10)9-15(2)13-5-3-12(14)4-6-13/h3-8H,9,14H2,1-2H3. The molecule has 0 saturated carbocycles. The number of nitrogen functional groups attached to an aromatic ring is 1. The number of hydrogen-bond donors (Lipinski definition) is 1. The second-order valence-electron chi connectivity index (χ2n) is 3.95. The molecule has 3 heteroatoms. The van der Waals surface area contributed by atoms with E-state index in [0.717, 1.165) is 23.7 Å². The second-order valence-corrected chi connectivity index (χ2v) is 3.95. The van der Waals surface area contributed by atoms with Gasteiger partial charge in [0.1, 0.15) is 5.76 Å². The van der Waals surface area contributed by atoms with Crippen molar-refractivity contribution in [2.45, 2.75) is 13.5 Å². The molecule has 0 amide bonds. The lowest BCUT2D eigenvalue weighted by molar-refractivity contribution is 0.529. The molecule has 2 rings (SSSR count). The van der Waals surface area contributed by atoms with Crippen molar-refractivity contribution < 1.29 is 4.42 Å². The number of furan rings is 1. The molecule has 1 heterocycles. The Kier molecular flexibility index (Phi) is 2.86. The zero-order valence-corrected chi connectivity index (χ0v) is 9.60. The Morgan fingerprint density at radius 3 is 2.44 bits per heavy atom.